The monoisotopic (exact) mass is 265 g/mol. The van der Waals surface area contributed by atoms with Crippen LogP contribution in [0.4, 0.5) is 4.39 Å². The molecule has 0 spiro atoms. The van der Waals surface area contributed by atoms with Crippen LogP contribution in [0.15, 0.2) is 18.2 Å². The van der Waals surface area contributed by atoms with E-state index < -0.39 is 0 Å². The van der Waals surface area contributed by atoms with E-state index in [2.05, 4.69) is 11.4 Å². The molecule has 1 N–H and O–H groups in total. The average molecular weight is 265 g/mol. The van der Waals surface area contributed by atoms with Crippen LogP contribution in [0.5, 0.6) is 0 Å². The van der Waals surface area contributed by atoms with E-state index in [9.17, 15) is 4.39 Å². The lowest BCUT2D eigenvalue weighted by Gasteiger charge is -2.37. The molecule has 1 fully saturated rings. The fraction of sp³-hybridized carbons (Fsp3) is 0.625. The van der Waals surface area contributed by atoms with E-state index >= 15 is 0 Å². The number of hydrogen-bond donors (Lipinski definition) is 1. The number of halogens is 1. The van der Waals surface area contributed by atoms with Gasteiger partial charge in [-0.2, -0.15) is 0 Å². The van der Waals surface area contributed by atoms with Crippen LogP contribution < -0.4 is 5.32 Å². The molecule has 106 valence electrons. The highest BCUT2D eigenvalue weighted by molar-refractivity contribution is 5.29. The van der Waals surface area contributed by atoms with Crippen LogP contribution in [0, 0.1) is 12.7 Å². The van der Waals surface area contributed by atoms with Gasteiger partial charge in [0.1, 0.15) is 5.82 Å². The molecule has 1 unspecified atom stereocenters. The zero-order chi connectivity index (χ0) is 13.9. The summed E-state index contributed by atoms with van der Waals surface area (Å²) in [7, 11) is 1.93. The molecule has 0 saturated heterocycles. The summed E-state index contributed by atoms with van der Waals surface area (Å²) in [6, 6.07) is 5.32. The van der Waals surface area contributed by atoms with Crippen LogP contribution in [0.1, 0.15) is 49.8 Å². The fourth-order valence-corrected chi connectivity index (χ4v) is 3.44. The number of ether oxygens (including phenoxy) is 1. The number of likely N-dealkylation sites (N-methyl/N-ethyl adjacent to an activating group) is 1. The highest BCUT2D eigenvalue weighted by Crippen LogP contribution is 2.43. The van der Waals surface area contributed by atoms with Crippen molar-refractivity contribution in [1.29, 1.82) is 0 Å². The number of rotatable bonds is 5. The molecule has 1 aromatic rings. The molecule has 1 saturated carbocycles. The van der Waals surface area contributed by atoms with Gasteiger partial charge in [-0.1, -0.05) is 18.9 Å². The van der Waals surface area contributed by atoms with Crippen molar-refractivity contribution in [3.05, 3.63) is 35.1 Å². The third kappa shape index (κ3) is 2.98. The first-order valence-corrected chi connectivity index (χ1v) is 7.19. The molecule has 0 amide bonds. The summed E-state index contributed by atoms with van der Waals surface area (Å²) in [4.78, 5) is 0. The average Bonchev–Trinajstić information content (AvgIpc) is 2.78. The van der Waals surface area contributed by atoms with Crippen LogP contribution in [0.3, 0.4) is 0 Å². The molecule has 2 rings (SSSR count). The van der Waals surface area contributed by atoms with Gasteiger partial charge in [0.15, 0.2) is 0 Å². The minimum atomic E-state index is -0.177. The summed E-state index contributed by atoms with van der Waals surface area (Å²) in [6.07, 6.45) is 4.46. The second kappa shape index (κ2) is 6.02. The topological polar surface area (TPSA) is 21.3 Å². The van der Waals surface area contributed by atoms with E-state index in [0.717, 1.165) is 24.0 Å². The van der Waals surface area contributed by atoms with Gasteiger partial charge < -0.3 is 10.1 Å². The van der Waals surface area contributed by atoms with E-state index in [1.54, 1.807) is 12.1 Å². The van der Waals surface area contributed by atoms with Gasteiger partial charge in [0, 0.05) is 6.61 Å². The van der Waals surface area contributed by atoms with Gasteiger partial charge in [-0.3, -0.25) is 0 Å². The Hall–Kier alpha value is -0.930. The summed E-state index contributed by atoms with van der Waals surface area (Å²) >= 11 is 0. The first-order valence-electron chi connectivity index (χ1n) is 7.19. The summed E-state index contributed by atoms with van der Waals surface area (Å²) < 4.78 is 19.7. The van der Waals surface area contributed by atoms with Crippen LogP contribution in [0.2, 0.25) is 0 Å². The molecule has 1 atom stereocenters. The van der Waals surface area contributed by atoms with Gasteiger partial charge in [0.2, 0.25) is 0 Å². The molecule has 1 aliphatic carbocycles. The van der Waals surface area contributed by atoms with Crippen LogP contribution in [-0.4, -0.2) is 19.3 Å². The lowest BCUT2D eigenvalue weighted by molar-refractivity contribution is -0.0610. The third-order valence-electron chi connectivity index (χ3n) is 4.09. The third-order valence-corrected chi connectivity index (χ3v) is 4.09. The molecule has 19 heavy (non-hydrogen) atoms. The quantitative estimate of drug-likeness (QED) is 0.875. The van der Waals surface area contributed by atoms with Crippen molar-refractivity contribution in [2.45, 2.75) is 51.2 Å². The predicted octanol–water partition coefficient (Wildman–Crippen LogP) is 3.74. The Morgan fingerprint density at radius 2 is 2.00 bits per heavy atom. The van der Waals surface area contributed by atoms with Crippen molar-refractivity contribution in [2.24, 2.45) is 0 Å². The van der Waals surface area contributed by atoms with Gasteiger partial charge in [-0.05, 0) is 57.0 Å². The number of nitrogens with one attached hydrogen (secondary N) is 1. The number of hydrogen-bond acceptors (Lipinski definition) is 2. The SMILES string of the molecule is CCOC1(C(NC)c2cc(C)cc(F)c2)CCCC1. The van der Waals surface area contributed by atoms with E-state index in [1.807, 2.05) is 20.9 Å². The second-order valence-electron chi connectivity index (χ2n) is 5.49. The maximum Gasteiger partial charge on any atom is 0.123 e. The normalized spacial score (nSPS) is 19.6. The van der Waals surface area contributed by atoms with Crippen LogP contribution in [-0.2, 0) is 4.74 Å². The van der Waals surface area contributed by atoms with Crippen molar-refractivity contribution in [1.82, 2.24) is 5.32 Å². The largest absolute Gasteiger partial charge is 0.373 e. The van der Waals surface area contributed by atoms with Gasteiger partial charge in [-0.15, -0.1) is 0 Å². The first kappa shape index (κ1) is 14.5. The molecule has 0 aliphatic heterocycles. The first-order chi connectivity index (χ1) is 9.11. The van der Waals surface area contributed by atoms with E-state index in [4.69, 9.17) is 4.74 Å². The maximum absolute atomic E-state index is 13.7. The molecule has 1 aliphatic rings. The van der Waals surface area contributed by atoms with E-state index in [0.29, 0.717) is 6.61 Å². The van der Waals surface area contributed by atoms with Crippen LogP contribution >= 0.6 is 0 Å². The Bertz CT molecular complexity index is 407. The van der Waals surface area contributed by atoms with Gasteiger partial charge in [0.25, 0.3) is 0 Å². The van der Waals surface area contributed by atoms with E-state index in [-0.39, 0.29) is 17.5 Å². The Morgan fingerprint density at radius 1 is 1.32 bits per heavy atom. The maximum atomic E-state index is 13.7. The standard InChI is InChI=1S/C16H24FNO/c1-4-19-16(7-5-6-8-16)15(18-3)13-9-12(2)10-14(17)11-13/h9-11,15,18H,4-8H2,1-3H3. The molecule has 0 aromatic heterocycles. The second-order valence-corrected chi connectivity index (χ2v) is 5.49. The van der Waals surface area contributed by atoms with E-state index in [1.165, 1.54) is 12.8 Å². The Kier molecular flexibility index (Phi) is 4.58. The van der Waals surface area contributed by atoms with Gasteiger partial charge in [0.05, 0.1) is 11.6 Å². The molecule has 2 nitrogen and oxygen atoms in total. The molecular formula is C16H24FNO. The van der Waals surface area contributed by atoms with Crippen molar-refractivity contribution in [3.8, 4) is 0 Å². The highest BCUT2D eigenvalue weighted by Gasteiger charge is 2.42. The highest BCUT2D eigenvalue weighted by atomic mass is 19.1. The molecule has 3 heteroatoms. The summed E-state index contributed by atoms with van der Waals surface area (Å²) in [5.74, 6) is -0.167. The summed E-state index contributed by atoms with van der Waals surface area (Å²) in [5, 5.41) is 3.35. The van der Waals surface area contributed by atoms with Crippen molar-refractivity contribution in [2.75, 3.05) is 13.7 Å². The number of benzene rings is 1. The Labute approximate surface area is 115 Å². The van der Waals surface area contributed by atoms with Crippen molar-refractivity contribution < 1.29 is 9.13 Å². The van der Waals surface area contributed by atoms with Gasteiger partial charge >= 0.3 is 0 Å². The molecule has 0 bridgehead atoms. The molecular weight excluding hydrogens is 241 g/mol. The molecule has 1 aromatic carbocycles. The molecule has 0 radical (unpaired) electrons. The predicted molar refractivity (Wildman–Crippen MR) is 75.8 cm³/mol. The summed E-state index contributed by atoms with van der Waals surface area (Å²) in [6.45, 7) is 4.66. The smallest absolute Gasteiger partial charge is 0.123 e. The van der Waals surface area contributed by atoms with Gasteiger partial charge in [-0.25, -0.2) is 4.39 Å². The lowest BCUT2D eigenvalue weighted by atomic mass is 9.86. The zero-order valence-corrected chi connectivity index (χ0v) is 12.1. The van der Waals surface area contributed by atoms with Crippen LogP contribution in [0.25, 0.3) is 0 Å². The fourth-order valence-electron chi connectivity index (χ4n) is 3.44. The summed E-state index contributed by atoms with van der Waals surface area (Å²) in [5.41, 5.74) is 1.78. The van der Waals surface area contributed by atoms with Crippen molar-refractivity contribution in [3.63, 3.8) is 0 Å². The Morgan fingerprint density at radius 3 is 2.53 bits per heavy atom. The van der Waals surface area contributed by atoms with Crippen molar-refractivity contribution >= 4 is 0 Å². The molecule has 0 heterocycles. The number of aryl methyl sites for hydroxylation is 1. The minimum absolute atomic E-state index is 0.0596. The lowest BCUT2D eigenvalue weighted by Crippen LogP contribution is -2.43. The zero-order valence-electron chi connectivity index (χ0n) is 12.1. The minimum Gasteiger partial charge on any atom is -0.373 e. The Balaban J connectivity index is 2.36.